The van der Waals surface area contributed by atoms with Gasteiger partial charge in [-0.05, 0) is 23.0 Å². The van der Waals surface area contributed by atoms with Gasteiger partial charge in [0.05, 0.1) is 11.5 Å². The van der Waals surface area contributed by atoms with Crippen LogP contribution in [0.2, 0.25) is 0 Å². The number of carbonyl (C=O) groups is 2. The third kappa shape index (κ3) is 6.71. The maximum Gasteiger partial charge on any atom is 0.220 e. The topological polar surface area (TPSA) is 92.3 Å². The molecule has 0 radical (unpaired) electrons. The van der Waals surface area contributed by atoms with Crippen LogP contribution in [-0.2, 0) is 32.5 Å². The van der Waals surface area contributed by atoms with Crippen LogP contribution < -0.4 is 10.6 Å². The Hall–Kier alpha value is -2.67. The van der Waals surface area contributed by atoms with E-state index >= 15 is 0 Å². The summed E-state index contributed by atoms with van der Waals surface area (Å²) in [6, 6.07) is 19.1. The van der Waals surface area contributed by atoms with Gasteiger partial charge in [-0.15, -0.1) is 0 Å². The summed E-state index contributed by atoms with van der Waals surface area (Å²) in [4.78, 5) is 24.6. The molecule has 0 aromatic heterocycles. The first-order valence-electron chi connectivity index (χ1n) is 9.73. The molecule has 1 saturated heterocycles. The van der Waals surface area contributed by atoms with Crippen molar-refractivity contribution in [3.63, 3.8) is 0 Å². The zero-order valence-electron chi connectivity index (χ0n) is 16.2. The molecule has 1 fully saturated rings. The largest absolute Gasteiger partial charge is 0.352 e. The minimum atomic E-state index is -3.23. The Morgan fingerprint density at radius 2 is 1.10 bits per heavy atom. The van der Waals surface area contributed by atoms with E-state index in [0.29, 0.717) is 13.1 Å². The van der Waals surface area contributed by atoms with Crippen molar-refractivity contribution in [3.8, 4) is 0 Å². The number of benzene rings is 2. The molecule has 29 heavy (non-hydrogen) atoms. The van der Waals surface area contributed by atoms with Crippen LogP contribution in [0.5, 0.6) is 0 Å². The van der Waals surface area contributed by atoms with Crippen molar-refractivity contribution >= 4 is 21.7 Å². The zero-order chi connectivity index (χ0) is 20.7. The smallest absolute Gasteiger partial charge is 0.220 e. The molecule has 0 aliphatic carbocycles. The van der Waals surface area contributed by atoms with E-state index in [1.165, 1.54) is 0 Å². The molecule has 0 unspecified atom stereocenters. The highest BCUT2D eigenvalue weighted by Crippen LogP contribution is 2.30. The Morgan fingerprint density at radius 1 is 0.724 bits per heavy atom. The molecule has 2 amide bonds. The lowest BCUT2D eigenvalue weighted by Gasteiger charge is -2.17. The first-order valence-corrected chi connectivity index (χ1v) is 11.5. The summed E-state index contributed by atoms with van der Waals surface area (Å²) >= 11 is 0. The molecule has 1 heterocycles. The van der Waals surface area contributed by atoms with E-state index in [2.05, 4.69) is 10.6 Å². The molecule has 154 valence electrons. The molecule has 7 heteroatoms. The third-order valence-corrected chi connectivity index (χ3v) is 7.03. The van der Waals surface area contributed by atoms with Crippen molar-refractivity contribution in [1.29, 1.82) is 0 Å². The predicted molar refractivity (Wildman–Crippen MR) is 111 cm³/mol. The normalized spacial score (nSPS) is 20.1. The van der Waals surface area contributed by atoms with Gasteiger partial charge >= 0.3 is 0 Å². The van der Waals surface area contributed by atoms with Gasteiger partial charge in [0.2, 0.25) is 11.8 Å². The lowest BCUT2D eigenvalue weighted by Crippen LogP contribution is -2.30. The van der Waals surface area contributed by atoms with Crippen LogP contribution in [0.25, 0.3) is 0 Å². The lowest BCUT2D eigenvalue weighted by molar-refractivity contribution is -0.124. The molecule has 2 N–H and O–H groups in total. The van der Waals surface area contributed by atoms with Gasteiger partial charge in [-0.3, -0.25) is 9.59 Å². The lowest BCUT2D eigenvalue weighted by atomic mass is 9.89. The SMILES string of the molecule is O=C(C[C@@H]1CS(=O)(=O)C[C@@H]1CC(=O)NCc1ccccc1)NCc1ccccc1. The Labute approximate surface area is 171 Å². The highest BCUT2D eigenvalue weighted by Gasteiger charge is 2.39. The molecule has 0 spiro atoms. The Bertz CT molecular complexity index is 858. The van der Waals surface area contributed by atoms with E-state index in [9.17, 15) is 18.0 Å². The quantitative estimate of drug-likeness (QED) is 0.692. The van der Waals surface area contributed by atoms with Crippen LogP contribution in [0.15, 0.2) is 60.7 Å². The second-order valence-corrected chi connectivity index (χ2v) is 9.68. The fourth-order valence-corrected chi connectivity index (χ4v) is 5.88. The Kier molecular flexibility index (Phi) is 7.04. The number of hydrogen-bond acceptors (Lipinski definition) is 4. The highest BCUT2D eigenvalue weighted by atomic mass is 32.2. The van der Waals surface area contributed by atoms with Crippen molar-refractivity contribution in [2.75, 3.05) is 11.5 Å². The van der Waals surface area contributed by atoms with Gasteiger partial charge in [0.1, 0.15) is 0 Å². The summed E-state index contributed by atoms with van der Waals surface area (Å²) in [5, 5.41) is 5.68. The van der Waals surface area contributed by atoms with Crippen molar-refractivity contribution in [2.24, 2.45) is 11.8 Å². The maximum atomic E-state index is 12.3. The average Bonchev–Trinajstić information content (AvgIpc) is 2.99. The maximum absolute atomic E-state index is 12.3. The molecule has 1 aliphatic rings. The molecule has 1 aliphatic heterocycles. The number of nitrogens with one attached hydrogen (secondary N) is 2. The summed E-state index contributed by atoms with van der Waals surface area (Å²) in [6.45, 7) is 0.808. The Morgan fingerprint density at radius 3 is 1.48 bits per heavy atom. The molecule has 2 atom stereocenters. The Balaban J connectivity index is 1.51. The van der Waals surface area contributed by atoms with Gasteiger partial charge in [-0.25, -0.2) is 8.42 Å². The summed E-state index contributed by atoms with van der Waals surface area (Å²) in [5.41, 5.74) is 1.97. The van der Waals surface area contributed by atoms with E-state index in [1.54, 1.807) is 0 Å². The number of hydrogen-bond donors (Lipinski definition) is 2. The molecule has 6 nitrogen and oxygen atoms in total. The van der Waals surface area contributed by atoms with Crippen molar-refractivity contribution in [2.45, 2.75) is 25.9 Å². The minimum absolute atomic E-state index is 0.0393. The van der Waals surface area contributed by atoms with E-state index in [-0.39, 0.29) is 48.0 Å². The van der Waals surface area contributed by atoms with Gasteiger partial charge in [-0.2, -0.15) is 0 Å². The van der Waals surface area contributed by atoms with Gasteiger partial charge in [0, 0.05) is 25.9 Å². The van der Waals surface area contributed by atoms with Crippen molar-refractivity contribution in [3.05, 3.63) is 71.8 Å². The summed E-state index contributed by atoms with van der Waals surface area (Å²) in [5.74, 6) is -1.13. The molecule has 2 aromatic rings. The first kappa shape index (κ1) is 21.0. The van der Waals surface area contributed by atoms with Crippen LogP contribution in [0.3, 0.4) is 0 Å². The average molecular weight is 415 g/mol. The number of sulfone groups is 1. The monoisotopic (exact) mass is 414 g/mol. The molecule has 2 aromatic carbocycles. The van der Waals surface area contributed by atoms with E-state index in [0.717, 1.165) is 11.1 Å². The van der Waals surface area contributed by atoms with Crippen LogP contribution in [-0.4, -0.2) is 31.7 Å². The second kappa shape index (κ2) is 9.69. The van der Waals surface area contributed by atoms with Crippen molar-refractivity contribution in [1.82, 2.24) is 10.6 Å². The van der Waals surface area contributed by atoms with Crippen LogP contribution in [0, 0.1) is 11.8 Å². The van der Waals surface area contributed by atoms with E-state index in [1.807, 2.05) is 60.7 Å². The summed E-state index contributed by atoms with van der Waals surface area (Å²) in [6.07, 6.45) is 0.228. The minimum Gasteiger partial charge on any atom is -0.352 e. The molecule has 0 saturated carbocycles. The zero-order valence-corrected chi connectivity index (χ0v) is 17.0. The van der Waals surface area contributed by atoms with Crippen LogP contribution in [0.1, 0.15) is 24.0 Å². The fraction of sp³-hybridized carbons (Fsp3) is 0.364. The van der Waals surface area contributed by atoms with Gasteiger partial charge < -0.3 is 10.6 Å². The second-order valence-electron chi connectivity index (χ2n) is 7.53. The van der Waals surface area contributed by atoms with Crippen molar-refractivity contribution < 1.29 is 18.0 Å². The predicted octanol–water partition coefficient (Wildman–Crippen LogP) is 2.06. The fourth-order valence-electron chi connectivity index (χ4n) is 3.66. The van der Waals surface area contributed by atoms with Crippen LogP contribution >= 0.6 is 0 Å². The first-order chi connectivity index (χ1) is 13.9. The van der Waals surface area contributed by atoms with Gasteiger partial charge in [-0.1, -0.05) is 60.7 Å². The number of rotatable bonds is 8. The molecular weight excluding hydrogens is 388 g/mol. The van der Waals surface area contributed by atoms with Gasteiger partial charge in [0.25, 0.3) is 0 Å². The molecule has 3 rings (SSSR count). The number of amides is 2. The van der Waals surface area contributed by atoms with E-state index < -0.39 is 9.84 Å². The van der Waals surface area contributed by atoms with Gasteiger partial charge in [0.15, 0.2) is 9.84 Å². The third-order valence-electron chi connectivity index (χ3n) is 5.16. The van der Waals surface area contributed by atoms with Crippen LogP contribution in [0.4, 0.5) is 0 Å². The molecule has 0 bridgehead atoms. The summed E-state index contributed by atoms with van der Waals surface area (Å²) in [7, 11) is -3.23. The molecular formula is C22H26N2O4S. The number of carbonyl (C=O) groups excluding carboxylic acids is 2. The highest BCUT2D eigenvalue weighted by molar-refractivity contribution is 7.91. The summed E-state index contributed by atoms with van der Waals surface area (Å²) < 4.78 is 24.2. The van der Waals surface area contributed by atoms with E-state index in [4.69, 9.17) is 0 Å². The standard InChI is InChI=1S/C22H26N2O4S/c25-21(23-13-17-7-3-1-4-8-17)11-19-15-29(27,28)16-20(19)12-22(26)24-14-18-9-5-2-6-10-18/h1-10,19-20H,11-16H2,(H,23,25)(H,24,26)/t19-,20+.